The summed E-state index contributed by atoms with van der Waals surface area (Å²) >= 11 is 0. The standard InChI is InChI=1S/C15H28N2O4/c1-16(12-9-21-10-13(18)15(12)20)8-14(19)17(2)11-6-4-3-5-7-11/h11-13,15,18,20H,3-10H2,1-2H3/t12-,13-,15+/m1/s1. The molecule has 0 spiro atoms. The van der Waals surface area contributed by atoms with Gasteiger partial charge in [0.15, 0.2) is 0 Å². The second-order valence-electron chi connectivity index (χ2n) is 6.37. The van der Waals surface area contributed by atoms with Crippen LogP contribution in [0.2, 0.25) is 0 Å². The van der Waals surface area contributed by atoms with Crippen molar-refractivity contribution in [2.24, 2.45) is 0 Å². The lowest BCUT2D eigenvalue weighted by atomic mass is 9.94. The molecule has 0 unspecified atom stereocenters. The maximum absolute atomic E-state index is 12.4. The molecule has 6 nitrogen and oxygen atoms in total. The molecule has 1 heterocycles. The summed E-state index contributed by atoms with van der Waals surface area (Å²) in [6, 6.07) is 0.00947. The minimum Gasteiger partial charge on any atom is -0.389 e. The predicted molar refractivity (Wildman–Crippen MR) is 78.9 cm³/mol. The Morgan fingerprint density at radius 3 is 2.48 bits per heavy atom. The normalized spacial score (nSPS) is 31.4. The molecular formula is C15H28N2O4. The van der Waals surface area contributed by atoms with Gasteiger partial charge in [0.1, 0.15) is 6.10 Å². The van der Waals surface area contributed by atoms with Crippen LogP contribution in [0.1, 0.15) is 32.1 Å². The van der Waals surface area contributed by atoms with Gasteiger partial charge in [0.25, 0.3) is 0 Å². The molecule has 122 valence electrons. The number of nitrogens with zero attached hydrogens (tertiary/aromatic N) is 2. The fourth-order valence-electron chi connectivity index (χ4n) is 3.27. The van der Waals surface area contributed by atoms with E-state index < -0.39 is 12.2 Å². The molecule has 2 aliphatic rings. The Balaban J connectivity index is 1.85. The third-order valence-electron chi connectivity index (χ3n) is 4.83. The van der Waals surface area contributed by atoms with E-state index in [0.29, 0.717) is 12.6 Å². The summed E-state index contributed by atoms with van der Waals surface area (Å²) in [5, 5.41) is 19.7. The lowest BCUT2D eigenvalue weighted by Gasteiger charge is -2.38. The maximum atomic E-state index is 12.4. The van der Waals surface area contributed by atoms with Crippen LogP contribution in [0.3, 0.4) is 0 Å². The van der Waals surface area contributed by atoms with E-state index in [1.165, 1.54) is 19.3 Å². The van der Waals surface area contributed by atoms with Gasteiger partial charge in [-0.2, -0.15) is 0 Å². The van der Waals surface area contributed by atoms with Crippen LogP contribution in [0.4, 0.5) is 0 Å². The monoisotopic (exact) mass is 300 g/mol. The fraction of sp³-hybridized carbons (Fsp3) is 0.933. The van der Waals surface area contributed by atoms with Crippen LogP contribution in [0.25, 0.3) is 0 Å². The Labute approximate surface area is 126 Å². The van der Waals surface area contributed by atoms with Crippen molar-refractivity contribution in [2.75, 3.05) is 33.9 Å². The van der Waals surface area contributed by atoms with Crippen molar-refractivity contribution in [3.8, 4) is 0 Å². The fourth-order valence-corrected chi connectivity index (χ4v) is 3.27. The topological polar surface area (TPSA) is 73.2 Å². The highest BCUT2D eigenvalue weighted by molar-refractivity contribution is 5.78. The van der Waals surface area contributed by atoms with E-state index in [0.717, 1.165) is 12.8 Å². The summed E-state index contributed by atoms with van der Waals surface area (Å²) in [6.07, 6.45) is 4.08. The summed E-state index contributed by atoms with van der Waals surface area (Å²) in [5.74, 6) is 0.0664. The van der Waals surface area contributed by atoms with Crippen molar-refractivity contribution < 1.29 is 19.7 Å². The summed E-state index contributed by atoms with van der Waals surface area (Å²) in [5.41, 5.74) is 0. The van der Waals surface area contributed by atoms with E-state index in [1.54, 1.807) is 11.9 Å². The van der Waals surface area contributed by atoms with Crippen molar-refractivity contribution >= 4 is 5.91 Å². The van der Waals surface area contributed by atoms with E-state index in [2.05, 4.69) is 0 Å². The van der Waals surface area contributed by atoms with Gasteiger partial charge in [0.05, 0.1) is 31.9 Å². The molecule has 1 saturated heterocycles. The van der Waals surface area contributed by atoms with Crippen molar-refractivity contribution in [2.45, 2.75) is 56.4 Å². The van der Waals surface area contributed by atoms with Gasteiger partial charge in [-0.15, -0.1) is 0 Å². The minimum atomic E-state index is -0.877. The average molecular weight is 300 g/mol. The SMILES string of the molecule is CN(C(=O)CN(C)[C@@H]1COC[C@@H](O)[C@H]1O)C1CCCCC1. The van der Waals surface area contributed by atoms with E-state index in [4.69, 9.17) is 4.74 Å². The Bertz CT molecular complexity index is 347. The number of rotatable bonds is 4. The number of amides is 1. The molecule has 1 saturated carbocycles. The predicted octanol–water partition coefficient (Wildman–Crippen LogP) is -0.170. The first-order valence-corrected chi connectivity index (χ1v) is 7.90. The van der Waals surface area contributed by atoms with E-state index >= 15 is 0 Å². The summed E-state index contributed by atoms with van der Waals surface area (Å²) in [6.45, 7) is 0.737. The zero-order chi connectivity index (χ0) is 15.4. The molecule has 1 amide bonds. The minimum absolute atomic E-state index is 0.0664. The molecule has 21 heavy (non-hydrogen) atoms. The first-order valence-electron chi connectivity index (χ1n) is 7.90. The number of carbonyl (C=O) groups is 1. The number of aliphatic hydroxyl groups is 2. The van der Waals surface area contributed by atoms with Gasteiger partial charge in [0.2, 0.25) is 5.91 Å². The van der Waals surface area contributed by atoms with Crippen LogP contribution >= 0.6 is 0 Å². The summed E-state index contributed by atoms with van der Waals surface area (Å²) < 4.78 is 5.27. The Kier molecular flexibility index (Phi) is 5.98. The van der Waals surface area contributed by atoms with Crippen LogP contribution in [0.15, 0.2) is 0 Å². The van der Waals surface area contributed by atoms with Crippen LogP contribution in [0.5, 0.6) is 0 Å². The quantitative estimate of drug-likeness (QED) is 0.754. The number of likely N-dealkylation sites (N-methyl/N-ethyl adjacent to an activating group) is 2. The van der Waals surface area contributed by atoms with Gasteiger partial charge in [0, 0.05) is 13.1 Å². The van der Waals surface area contributed by atoms with E-state index in [9.17, 15) is 15.0 Å². The average Bonchev–Trinajstić information content (AvgIpc) is 2.50. The van der Waals surface area contributed by atoms with Gasteiger partial charge in [-0.05, 0) is 19.9 Å². The zero-order valence-electron chi connectivity index (χ0n) is 13.1. The Morgan fingerprint density at radius 2 is 1.81 bits per heavy atom. The second-order valence-corrected chi connectivity index (χ2v) is 6.37. The number of ether oxygens (including phenoxy) is 1. The number of hydrogen-bond donors (Lipinski definition) is 2. The highest BCUT2D eigenvalue weighted by atomic mass is 16.5. The van der Waals surface area contributed by atoms with Crippen LogP contribution < -0.4 is 0 Å². The molecule has 6 heteroatoms. The molecule has 0 aromatic rings. The molecule has 0 aromatic heterocycles. The second kappa shape index (κ2) is 7.54. The highest BCUT2D eigenvalue weighted by Crippen LogP contribution is 2.22. The largest absolute Gasteiger partial charge is 0.389 e. The van der Waals surface area contributed by atoms with Crippen LogP contribution in [-0.4, -0.2) is 84.1 Å². The Hall–Kier alpha value is -0.690. The molecule has 2 fully saturated rings. The van der Waals surface area contributed by atoms with E-state index in [-0.39, 0.29) is 25.1 Å². The zero-order valence-corrected chi connectivity index (χ0v) is 13.1. The highest BCUT2D eigenvalue weighted by Gasteiger charge is 2.35. The van der Waals surface area contributed by atoms with Gasteiger partial charge in [-0.3, -0.25) is 9.69 Å². The number of hydrogen-bond acceptors (Lipinski definition) is 5. The smallest absolute Gasteiger partial charge is 0.236 e. The van der Waals surface area contributed by atoms with Gasteiger partial charge >= 0.3 is 0 Å². The molecule has 0 bridgehead atoms. The third-order valence-corrected chi connectivity index (χ3v) is 4.83. The molecule has 1 aliphatic heterocycles. The summed E-state index contributed by atoms with van der Waals surface area (Å²) in [4.78, 5) is 16.0. The molecule has 0 radical (unpaired) electrons. The summed E-state index contributed by atoms with van der Waals surface area (Å²) in [7, 11) is 3.66. The van der Waals surface area contributed by atoms with Crippen LogP contribution in [-0.2, 0) is 9.53 Å². The molecule has 3 atom stereocenters. The van der Waals surface area contributed by atoms with Crippen molar-refractivity contribution in [1.29, 1.82) is 0 Å². The molecule has 2 N–H and O–H groups in total. The number of aliphatic hydroxyl groups excluding tert-OH is 2. The van der Waals surface area contributed by atoms with Gasteiger partial charge in [-0.25, -0.2) is 0 Å². The number of carbonyl (C=O) groups excluding carboxylic acids is 1. The van der Waals surface area contributed by atoms with E-state index in [1.807, 2.05) is 11.9 Å². The first-order chi connectivity index (χ1) is 10.0. The molecular weight excluding hydrogens is 272 g/mol. The van der Waals surface area contributed by atoms with Crippen molar-refractivity contribution in [1.82, 2.24) is 9.80 Å². The molecule has 1 aliphatic carbocycles. The lowest BCUT2D eigenvalue weighted by Crippen LogP contribution is -2.56. The first kappa shape index (κ1) is 16.7. The third kappa shape index (κ3) is 4.16. The van der Waals surface area contributed by atoms with Crippen molar-refractivity contribution in [3.05, 3.63) is 0 Å². The Morgan fingerprint density at radius 1 is 1.14 bits per heavy atom. The van der Waals surface area contributed by atoms with Crippen LogP contribution in [0, 0.1) is 0 Å². The molecule has 0 aromatic carbocycles. The molecule has 2 rings (SSSR count). The van der Waals surface area contributed by atoms with Gasteiger partial charge < -0.3 is 19.8 Å². The lowest BCUT2D eigenvalue weighted by molar-refractivity contribution is -0.144. The maximum Gasteiger partial charge on any atom is 0.236 e. The van der Waals surface area contributed by atoms with Gasteiger partial charge in [-0.1, -0.05) is 19.3 Å². The van der Waals surface area contributed by atoms with Crippen molar-refractivity contribution in [3.63, 3.8) is 0 Å².